The van der Waals surface area contributed by atoms with E-state index in [0.29, 0.717) is 25.5 Å². The molecule has 5 rings (SSSR count). The normalized spacial score (nSPS) is 19.4. The van der Waals surface area contributed by atoms with Crippen LogP contribution in [0.3, 0.4) is 0 Å². The standard InChI is InChI=1S/C23H24O4S.C12H21N2O3PS/c1-23(2)19(12-17-8-9-28-22(17)25)20(23)21(24)27-14-16-11-18(26-13-16)10-15-6-4-3-5-7-15;1-6-15-18(19,16-7-2)17-11-8-10(5)13-12(14-11)9(3)4/h3-7,11-13,19-20H,8-10,14H2,1-2H3;8-9H,6-7H2,1-5H3/b17-12+;/t19-,20-;/m1./s1. The molecule has 1 saturated heterocycles. The van der Waals surface area contributed by atoms with Crippen LogP contribution in [0.15, 0.2) is 64.8 Å². The van der Waals surface area contributed by atoms with Gasteiger partial charge in [0.2, 0.25) is 11.0 Å². The van der Waals surface area contributed by atoms with E-state index in [4.69, 9.17) is 34.5 Å². The summed E-state index contributed by atoms with van der Waals surface area (Å²) in [6, 6.07) is 13.8. The summed E-state index contributed by atoms with van der Waals surface area (Å²) in [7, 11) is 0. The predicted octanol–water partition coefficient (Wildman–Crippen LogP) is 8.36. The summed E-state index contributed by atoms with van der Waals surface area (Å²) in [5.74, 6) is 2.76. The maximum Gasteiger partial charge on any atom is 0.381 e. The van der Waals surface area contributed by atoms with Crippen molar-refractivity contribution in [2.24, 2.45) is 17.3 Å². The van der Waals surface area contributed by atoms with E-state index >= 15 is 0 Å². The summed E-state index contributed by atoms with van der Waals surface area (Å²) in [5, 5.41) is 0.152. The smallest absolute Gasteiger partial charge is 0.381 e. The topological polar surface area (TPSA) is 110 Å². The maximum absolute atomic E-state index is 12.6. The van der Waals surface area contributed by atoms with Gasteiger partial charge in [-0.05, 0) is 50.2 Å². The van der Waals surface area contributed by atoms with Gasteiger partial charge in [-0.25, -0.2) is 4.98 Å². The van der Waals surface area contributed by atoms with Gasteiger partial charge in [-0.1, -0.05) is 75.9 Å². The number of benzene rings is 1. The number of allylic oxidation sites excluding steroid dienone is 1. The van der Waals surface area contributed by atoms with Crippen LogP contribution in [0, 0.1) is 24.2 Å². The molecule has 0 unspecified atom stereocenters. The number of carbonyl (C=O) groups is 2. The monoisotopic (exact) mass is 700 g/mol. The van der Waals surface area contributed by atoms with Crippen LogP contribution < -0.4 is 4.52 Å². The number of esters is 1. The third-order valence-electron chi connectivity index (χ3n) is 7.87. The molecule has 3 aromatic rings. The lowest BCUT2D eigenvalue weighted by atomic mass is 10.1. The molecule has 12 heteroatoms. The molecule has 2 aromatic heterocycles. The first-order chi connectivity index (χ1) is 22.3. The van der Waals surface area contributed by atoms with Gasteiger partial charge >= 0.3 is 12.7 Å². The Kier molecular flexibility index (Phi) is 13.0. The zero-order valence-corrected chi connectivity index (χ0v) is 30.7. The number of rotatable bonds is 13. The second-order valence-corrected chi connectivity index (χ2v) is 16.3. The maximum atomic E-state index is 12.6. The molecular weight excluding hydrogens is 655 g/mol. The van der Waals surface area contributed by atoms with Gasteiger partial charge in [0.25, 0.3) is 0 Å². The van der Waals surface area contributed by atoms with Gasteiger partial charge in [0.15, 0.2) is 0 Å². The van der Waals surface area contributed by atoms with E-state index in [1.807, 2.05) is 65.0 Å². The Morgan fingerprint density at radius 2 is 1.83 bits per heavy atom. The Bertz CT molecular complexity index is 1600. The fourth-order valence-corrected chi connectivity index (χ4v) is 8.14. The lowest BCUT2D eigenvalue weighted by Crippen LogP contribution is -2.10. The van der Waals surface area contributed by atoms with E-state index in [-0.39, 0.29) is 40.9 Å². The van der Waals surface area contributed by atoms with Gasteiger partial charge in [0, 0.05) is 52.8 Å². The quantitative estimate of drug-likeness (QED) is 0.0975. The number of hydrogen-bond acceptors (Lipinski definition) is 11. The largest absolute Gasteiger partial charge is 0.469 e. The predicted molar refractivity (Wildman–Crippen MR) is 188 cm³/mol. The van der Waals surface area contributed by atoms with E-state index in [1.54, 1.807) is 12.3 Å². The molecule has 1 saturated carbocycles. The highest BCUT2D eigenvalue weighted by Gasteiger charge is 2.61. The summed E-state index contributed by atoms with van der Waals surface area (Å²) in [5.41, 5.74) is 3.57. The Morgan fingerprint density at radius 3 is 2.45 bits per heavy atom. The van der Waals surface area contributed by atoms with Crippen molar-refractivity contribution < 1.29 is 32.3 Å². The molecule has 2 aliphatic rings. The first-order valence-corrected chi connectivity index (χ1v) is 19.5. The van der Waals surface area contributed by atoms with Gasteiger partial charge in [0.05, 0.1) is 25.4 Å². The van der Waals surface area contributed by atoms with Crippen LogP contribution in [0.5, 0.6) is 5.88 Å². The summed E-state index contributed by atoms with van der Waals surface area (Å²) >= 11 is 6.68. The van der Waals surface area contributed by atoms with Crippen molar-refractivity contribution >= 4 is 41.4 Å². The number of nitrogens with zero attached hydrogens (tertiary/aromatic N) is 2. The fourth-order valence-electron chi connectivity index (χ4n) is 5.28. The Morgan fingerprint density at radius 1 is 1.13 bits per heavy atom. The Labute approximate surface area is 287 Å². The first-order valence-electron chi connectivity index (χ1n) is 15.9. The zero-order valence-electron chi connectivity index (χ0n) is 28.2. The zero-order chi connectivity index (χ0) is 34.2. The lowest BCUT2D eigenvalue weighted by molar-refractivity contribution is -0.147. The van der Waals surface area contributed by atoms with Crippen LogP contribution >= 0.6 is 18.5 Å². The van der Waals surface area contributed by atoms with Crippen LogP contribution in [0.4, 0.5) is 0 Å². The number of carbonyl (C=O) groups excluding carboxylic acids is 2. The number of hydrogen-bond donors (Lipinski definition) is 0. The molecule has 1 aliphatic heterocycles. The van der Waals surface area contributed by atoms with Crippen molar-refractivity contribution in [3.63, 3.8) is 0 Å². The molecule has 0 amide bonds. The molecule has 0 N–H and O–H groups in total. The van der Waals surface area contributed by atoms with E-state index in [9.17, 15) is 9.59 Å². The highest BCUT2D eigenvalue weighted by molar-refractivity contribution is 8.14. The van der Waals surface area contributed by atoms with E-state index in [2.05, 4.69) is 35.9 Å². The summed E-state index contributed by atoms with van der Waals surface area (Å²) < 4.78 is 27.7. The average Bonchev–Trinajstić information content (AvgIpc) is 3.32. The molecule has 254 valence electrons. The third kappa shape index (κ3) is 10.3. The number of ether oxygens (including phenoxy) is 1. The number of thioether (sulfide) groups is 1. The average molecular weight is 701 g/mol. The number of aromatic nitrogens is 2. The van der Waals surface area contributed by atoms with E-state index in [0.717, 1.165) is 40.6 Å². The molecule has 3 heterocycles. The highest BCUT2D eigenvalue weighted by Crippen LogP contribution is 2.60. The van der Waals surface area contributed by atoms with Crippen molar-refractivity contribution in [2.45, 2.75) is 73.8 Å². The number of furan rings is 1. The van der Waals surface area contributed by atoms with Gasteiger partial charge in [-0.2, -0.15) is 4.98 Å². The van der Waals surface area contributed by atoms with Crippen LogP contribution in [0.25, 0.3) is 0 Å². The van der Waals surface area contributed by atoms with Gasteiger partial charge < -0.3 is 13.7 Å². The van der Waals surface area contributed by atoms with Crippen molar-refractivity contribution in [1.82, 2.24) is 9.97 Å². The molecule has 0 spiro atoms. The van der Waals surface area contributed by atoms with Gasteiger partial charge in [0.1, 0.15) is 18.2 Å². The van der Waals surface area contributed by atoms with Crippen molar-refractivity contribution in [3.8, 4) is 5.88 Å². The Hall–Kier alpha value is -2.82. The lowest BCUT2D eigenvalue weighted by Gasteiger charge is -2.20. The summed E-state index contributed by atoms with van der Waals surface area (Å²) in [6.45, 7) is 12.1. The molecule has 47 heavy (non-hydrogen) atoms. The third-order valence-corrected chi connectivity index (χ3v) is 11.2. The summed E-state index contributed by atoms with van der Waals surface area (Å²) in [6.07, 6.45) is 5.17. The van der Waals surface area contributed by atoms with Crippen molar-refractivity contribution in [2.75, 3.05) is 19.0 Å². The van der Waals surface area contributed by atoms with Crippen LogP contribution in [-0.4, -0.2) is 40.0 Å². The van der Waals surface area contributed by atoms with Crippen LogP contribution in [0.2, 0.25) is 0 Å². The molecule has 9 nitrogen and oxygen atoms in total. The molecule has 2 fully saturated rings. The van der Waals surface area contributed by atoms with E-state index < -0.39 is 6.72 Å². The van der Waals surface area contributed by atoms with E-state index in [1.165, 1.54) is 17.3 Å². The van der Waals surface area contributed by atoms with Crippen molar-refractivity contribution in [3.05, 3.63) is 88.8 Å². The first kappa shape index (κ1) is 37.0. The number of aryl methyl sites for hydroxylation is 1. The molecule has 1 aromatic carbocycles. The minimum absolute atomic E-state index is 0.0793. The molecule has 1 aliphatic carbocycles. The molecule has 0 bridgehead atoms. The minimum Gasteiger partial charge on any atom is -0.469 e. The van der Waals surface area contributed by atoms with Gasteiger partial charge in [-0.15, -0.1) is 0 Å². The molecule has 2 atom stereocenters. The molecular formula is C35H45N2O7PS2. The SMILES string of the molecule is CC1(C)[C@H](/C=C2\CCSC2=O)[C@@H]1C(=O)OCc1coc(Cc2ccccc2)c1.CCOP(=S)(OCC)Oc1cc(C)nc(C(C)C)n1. The Balaban J connectivity index is 0.000000231. The minimum atomic E-state index is -2.77. The van der Waals surface area contributed by atoms with Crippen LogP contribution in [-0.2, 0) is 48.2 Å². The second kappa shape index (κ2) is 16.5. The van der Waals surface area contributed by atoms with Crippen LogP contribution in [0.1, 0.15) is 82.3 Å². The second-order valence-electron chi connectivity index (χ2n) is 12.3. The fraction of sp³-hybridized carbons (Fsp3) is 0.486. The molecule has 0 radical (unpaired) electrons. The highest BCUT2D eigenvalue weighted by atomic mass is 32.5. The van der Waals surface area contributed by atoms with Gasteiger partial charge in [-0.3, -0.25) is 18.6 Å². The van der Waals surface area contributed by atoms with Crippen molar-refractivity contribution in [1.29, 1.82) is 0 Å². The summed E-state index contributed by atoms with van der Waals surface area (Å²) in [4.78, 5) is 33.1.